The van der Waals surface area contributed by atoms with Crippen molar-refractivity contribution in [1.82, 2.24) is 0 Å². The Morgan fingerprint density at radius 3 is 2.57 bits per heavy atom. The number of nitrogens with one attached hydrogen (secondary N) is 1. The van der Waals surface area contributed by atoms with E-state index in [2.05, 4.69) is 4.72 Å². The van der Waals surface area contributed by atoms with Crippen LogP contribution in [0.25, 0.3) is 0 Å². The van der Waals surface area contributed by atoms with Crippen LogP contribution < -0.4 is 4.72 Å². The van der Waals surface area contributed by atoms with Gasteiger partial charge in [-0.2, -0.15) is 0 Å². The molecule has 1 aromatic carbocycles. The van der Waals surface area contributed by atoms with Crippen molar-refractivity contribution in [3.8, 4) is 0 Å². The van der Waals surface area contributed by atoms with Crippen LogP contribution in [0.5, 0.6) is 0 Å². The van der Waals surface area contributed by atoms with E-state index in [9.17, 15) is 17.6 Å². The summed E-state index contributed by atoms with van der Waals surface area (Å²) < 4.78 is 39.9. The van der Waals surface area contributed by atoms with E-state index in [4.69, 9.17) is 16.7 Å². The lowest BCUT2D eigenvalue weighted by Gasteiger charge is -2.08. The molecule has 0 fully saturated rings. The minimum Gasteiger partial charge on any atom is -0.477 e. The summed E-state index contributed by atoms with van der Waals surface area (Å²) in [7, 11) is -4.00. The quantitative estimate of drug-likeness (QED) is 0.886. The second-order valence-corrected chi connectivity index (χ2v) is 7.38. The van der Waals surface area contributed by atoms with Gasteiger partial charge < -0.3 is 5.11 Å². The van der Waals surface area contributed by atoms with Gasteiger partial charge in [0.1, 0.15) is 15.6 Å². The summed E-state index contributed by atoms with van der Waals surface area (Å²) in [6, 6.07) is 4.54. The Morgan fingerprint density at radius 1 is 1.38 bits per heavy atom. The molecule has 2 aromatic rings. The third kappa shape index (κ3) is 3.34. The monoisotopic (exact) mass is 349 g/mol. The number of sulfonamides is 1. The van der Waals surface area contributed by atoms with E-state index < -0.39 is 21.8 Å². The van der Waals surface area contributed by atoms with Gasteiger partial charge in [0, 0.05) is 4.88 Å². The highest BCUT2D eigenvalue weighted by Gasteiger charge is 2.22. The number of carbonyl (C=O) groups is 1. The maximum atomic E-state index is 13.3. The molecule has 0 atom stereocenters. The van der Waals surface area contributed by atoms with Crippen LogP contribution in [0.3, 0.4) is 0 Å². The number of aromatic carboxylic acids is 1. The van der Waals surface area contributed by atoms with E-state index >= 15 is 0 Å². The molecule has 1 heterocycles. The molecule has 0 spiro atoms. The molecule has 0 bridgehead atoms. The molecule has 0 unspecified atom stereocenters. The van der Waals surface area contributed by atoms with Crippen LogP contribution in [-0.4, -0.2) is 19.5 Å². The van der Waals surface area contributed by atoms with Crippen LogP contribution in [-0.2, 0) is 10.0 Å². The molecule has 0 amide bonds. The van der Waals surface area contributed by atoms with Crippen LogP contribution in [0, 0.1) is 12.7 Å². The number of benzene rings is 1. The summed E-state index contributed by atoms with van der Waals surface area (Å²) in [5.74, 6) is -1.97. The predicted molar refractivity (Wildman–Crippen MR) is 78.2 cm³/mol. The Labute approximate surface area is 129 Å². The standard InChI is InChI=1S/C12H9ClFNO4S2/c1-6-11(5-10(20-6)12(16)17)21(18,19)15-7-2-3-8(13)9(14)4-7/h2-5,15H,1H3,(H,16,17). The average Bonchev–Trinajstić information content (AvgIpc) is 2.77. The lowest BCUT2D eigenvalue weighted by Crippen LogP contribution is -2.13. The van der Waals surface area contributed by atoms with Gasteiger partial charge in [0.25, 0.3) is 10.0 Å². The number of rotatable bonds is 4. The number of carboxylic acid groups (broad SMARTS) is 1. The van der Waals surface area contributed by atoms with Gasteiger partial charge in [0.15, 0.2) is 0 Å². The molecule has 0 radical (unpaired) electrons. The van der Waals surface area contributed by atoms with Crippen molar-refractivity contribution in [1.29, 1.82) is 0 Å². The summed E-state index contributed by atoms with van der Waals surface area (Å²) in [5.41, 5.74) is -0.000579. The normalized spacial score (nSPS) is 11.4. The van der Waals surface area contributed by atoms with Gasteiger partial charge in [-0.25, -0.2) is 17.6 Å². The fourth-order valence-corrected chi connectivity index (χ4v) is 4.21. The molecule has 112 valence electrons. The molecule has 1 aromatic heterocycles. The van der Waals surface area contributed by atoms with E-state index in [1.54, 1.807) is 0 Å². The zero-order valence-corrected chi connectivity index (χ0v) is 12.9. The Kier molecular flexibility index (Phi) is 4.22. The Balaban J connectivity index is 2.38. The van der Waals surface area contributed by atoms with E-state index in [1.165, 1.54) is 19.1 Å². The molecule has 21 heavy (non-hydrogen) atoms. The largest absolute Gasteiger partial charge is 0.477 e. The third-order valence-electron chi connectivity index (χ3n) is 2.54. The SMILES string of the molecule is Cc1sc(C(=O)O)cc1S(=O)(=O)Nc1ccc(Cl)c(F)c1. The summed E-state index contributed by atoms with van der Waals surface area (Å²) in [6.45, 7) is 1.49. The van der Waals surface area contributed by atoms with Crippen molar-refractivity contribution in [2.75, 3.05) is 4.72 Å². The molecule has 0 saturated heterocycles. The molecule has 9 heteroatoms. The highest BCUT2D eigenvalue weighted by Crippen LogP contribution is 2.28. The maximum Gasteiger partial charge on any atom is 0.345 e. The van der Waals surface area contributed by atoms with Crippen LogP contribution >= 0.6 is 22.9 Å². The van der Waals surface area contributed by atoms with Crippen LogP contribution in [0.2, 0.25) is 5.02 Å². The molecule has 0 saturated carbocycles. The number of hydrogen-bond donors (Lipinski definition) is 2. The minimum atomic E-state index is -4.00. The van der Waals surface area contributed by atoms with Gasteiger partial charge >= 0.3 is 5.97 Å². The van der Waals surface area contributed by atoms with E-state index in [-0.39, 0.29) is 20.5 Å². The van der Waals surface area contributed by atoms with Crippen LogP contribution in [0.1, 0.15) is 14.5 Å². The van der Waals surface area contributed by atoms with Crippen molar-refractivity contribution in [3.63, 3.8) is 0 Å². The van der Waals surface area contributed by atoms with E-state index in [0.717, 1.165) is 23.5 Å². The maximum absolute atomic E-state index is 13.3. The second-order valence-electron chi connectivity index (χ2n) is 4.07. The molecule has 0 aliphatic heterocycles. The highest BCUT2D eigenvalue weighted by molar-refractivity contribution is 7.93. The Morgan fingerprint density at radius 2 is 2.05 bits per heavy atom. The lowest BCUT2D eigenvalue weighted by molar-refractivity contribution is 0.0702. The smallest absolute Gasteiger partial charge is 0.345 e. The van der Waals surface area contributed by atoms with Crippen molar-refractivity contribution in [3.05, 3.63) is 44.9 Å². The van der Waals surface area contributed by atoms with Crippen molar-refractivity contribution in [2.24, 2.45) is 0 Å². The topological polar surface area (TPSA) is 83.5 Å². The zero-order valence-electron chi connectivity index (χ0n) is 10.6. The van der Waals surface area contributed by atoms with Gasteiger partial charge in [-0.3, -0.25) is 4.72 Å². The molecular weight excluding hydrogens is 341 g/mol. The molecule has 0 aliphatic carbocycles. The first-order valence-corrected chi connectivity index (χ1v) is 8.20. The third-order valence-corrected chi connectivity index (χ3v) is 5.53. The van der Waals surface area contributed by atoms with Gasteiger partial charge in [-0.05, 0) is 31.2 Å². The summed E-state index contributed by atoms with van der Waals surface area (Å²) in [5, 5.41) is 8.75. The van der Waals surface area contributed by atoms with Gasteiger partial charge in [0.05, 0.1) is 10.7 Å². The number of thiophene rings is 1. The number of aryl methyl sites for hydroxylation is 1. The minimum absolute atomic E-state index is 0.000579. The second kappa shape index (κ2) is 5.63. The lowest BCUT2D eigenvalue weighted by atomic mass is 10.3. The van der Waals surface area contributed by atoms with Crippen LogP contribution in [0.4, 0.5) is 10.1 Å². The molecule has 0 aliphatic rings. The number of halogens is 2. The van der Waals surface area contributed by atoms with Crippen molar-refractivity contribution >= 4 is 44.6 Å². The Hall–Kier alpha value is -1.64. The highest BCUT2D eigenvalue weighted by atomic mass is 35.5. The van der Waals surface area contributed by atoms with Gasteiger partial charge in [-0.15, -0.1) is 11.3 Å². The molecule has 5 nitrogen and oxygen atoms in total. The zero-order chi connectivity index (χ0) is 15.8. The predicted octanol–water partition coefficient (Wildman–Crippen LogP) is 3.35. The summed E-state index contributed by atoms with van der Waals surface area (Å²) in [6.07, 6.45) is 0. The molecular formula is C12H9ClFNO4S2. The van der Waals surface area contributed by atoms with Crippen molar-refractivity contribution < 1.29 is 22.7 Å². The number of carboxylic acids is 1. The molecule has 2 rings (SSSR count). The first kappa shape index (κ1) is 15.7. The number of anilines is 1. The summed E-state index contributed by atoms with van der Waals surface area (Å²) in [4.78, 5) is 11.0. The first-order chi connectivity index (χ1) is 9.70. The van der Waals surface area contributed by atoms with E-state index in [0.29, 0.717) is 4.88 Å². The average molecular weight is 350 g/mol. The van der Waals surface area contributed by atoms with E-state index in [1.807, 2.05) is 0 Å². The Bertz CT molecular complexity index is 817. The first-order valence-electron chi connectivity index (χ1n) is 5.52. The number of hydrogen-bond acceptors (Lipinski definition) is 4. The van der Waals surface area contributed by atoms with Gasteiger partial charge in [-0.1, -0.05) is 11.6 Å². The molecule has 2 N–H and O–H groups in total. The fraction of sp³-hybridized carbons (Fsp3) is 0.0833. The summed E-state index contributed by atoms with van der Waals surface area (Å²) >= 11 is 6.37. The van der Waals surface area contributed by atoms with Crippen molar-refractivity contribution in [2.45, 2.75) is 11.8 Å². The van der Waals surface area contributed by atoms with Crippen LogP contribution in [0.15, 0.2) is 29.2 Å². The van der Waals surface area contributed by atoms with Gasteiger partial charge in [0.2, 0.25) is 0 Å². The fourth-order valence-electron chi connectivity index (χ4n) is 1.61.